The summed E-state index contributed by atoms with van der Waals surface area (Å²) in [5.74, 6) is 0.207. The number of hydrogen-bond donors (Lipinski definition) is 1. The van der Waals surface area contributed by atoms with Crippen LogP contribution in [0.25, 0.3) is 11.5 Å². The molecule has 0 bridgehead atoms. The number of nitrogens with zero attached hydrogens (tertiary/aromatic N) is 4. The van der Waals surface area contributed by atoms with Gasteiger partial charge < -0.3 is 14.5 Å². The molecule has 1 unspecified atom stereocenters. The van der Waals surface area contributed by atoms with Gasteiger partial charge in [0, 0.05) is 24.6 Å². The Hall–Kier alpha value is -3.40. The number of imidazole rings is 1. The van der Waals surface area contributed by atoms with Crippen LogP contribution < -0.4 is 5.69 Å². The third kappa shape index (κ3) is 4.27. The maximum Gasteiger partial charge on any atom is 0.410 e. The molecular weight excluding hydrogens is 477 g/mol. The summed E-state index contributed by atoms with van der Waals surface area (Å²) in [4.78, 5) is 30.7. The van der Waals surface area contributed by atoms with Crippen LogP contribution >= 0.6 is 0 Å². The standard InChI is InChI=1S/C27H34FN5O4/c1-16-13-19(14-17(2)21(16)28)33-23(31-11-10-29-24(31)34)20-18(3)32(25(35)37-26(4,5)6)15-27(22(20)30-33)9-7-8-12-36-27/h10-11,13-14,18H,7-9,12,15H2,1-6H3,(H,29,34)/t18-,27?/m0/s1. The number of carbonyl (C=O) groups excluding carboxylic acids is 1. The molecule has 0 radical (unpaired) electrons. The summed E-state index contributed by atoms with van der Waals surface area (Å²) in [5.41, 5.74) is 1.11. The van der Waals surface area contributed by atoms with Crippen LogP contribution in [0.1, 0.15) is 75.4 Å². The Bertz CT molecular complexity index is 1380. The van der Waals surface area contributed by atoms with E-state index in [1.807, 2.05) is 27.7 Å². The molecule has 1 fully saturated rings. The predicted octanol–water partition coefficient (Wildman–Crippen LogP) is 4.81. The number of rotatable bonds is 2. The summed E-state index contributed by atoms with van der Waals surface area (Å²) in [5, 5.41) is 5.04. The highest BCUT2D eigenvalue weighted by Gasteiger charge is 2.51. The molecule has 5 rings (SSSR count). The van der Waals surface area contributed by atoms with Crippen LogP contribution in [0.2, 0.25) is 0 Å². The number of ether oxygens (including phenoxy) is 2. The molecule has 1 spiro atoms. The molecule has 1 saturated heterocycles. The van der Waals surface area contributed by atoms with Crippen LogP contribution in [0.15, 0.2) is 29.3 Å². The van der Waals surface area contributed by atoms with E-state index in [0.29, 0.717) is 46.9 Å². The van der Waals surface area contributed by atoms with E-state index in [4.69, 9.17) is 14.6 Å². The zero-order valence-corrected chi connectivity index (χ0v) is 22.2. The van der Waals surface area contributed by atoms with E-state index in [9.17, 15) is 14.0 Å². The summed E-state index contributed by atoms with van der Waals surface area (Å²) >= 11 is 0. The number of halogens is 1. The average Bonchev–Trinajstić information content (AvgIpc) is 3.43. The maximum absolute atomic E-state index is 14.5. The minimum absolute atomic E-state index is 0.280. The molecule has 0 aliphatic carbocycles. The van der Waals surface area contributed by atoms with Crippen molar-refractivity contribution in [3.63, 3.8) is 0 Å². The molecule has 3 aromatic rings. The number of H-pyrrole nitrogens is 1. The van der Waals surface area contributed by atoms with Crippen LogP contribution in [0.5, 0.6) is 0 Å². The van der Waals surface area contributed by atoms with Crippen molar-refractivity contribution in [3.8, 4) is 11.5 Å². The first-order valence-electron chi connectivity index (χ1n) is 12.7. The van der Waals surface area contributed by atoms with Crippen LogP contribution in [0.4, 0.5) is 9.18 Å². The third-order valence-electron chi connectivity index (χ3n) is 7.16. The van der Waals surface area contributed by atoms with Crippen LogP contribution in [0.3, 0.4) is 0 Å². The monoisotopic (exact) mass is 511 g/mol. The molecule has 198 valence electrons. The lowest BCUT2D eigenvalue weighted by Gasteiger charge is -2.46. The second-order valence-corrected chi connectivity index (χ2v) is 11.1. The quantitative estimate of drug-likeness (QED) is 0.533. The molecule has 2 aromatic heterocycles. The SMILES string of the molecule is Cc1cc(-n2nc3c(c2-n2cc[nH]c2=O)[C@H](C)N(C(=O)OC(C)(C)C)CC32CCCCO2)cc(C)c1F. The largest absolute Gasteiger partial charge is 0.444 e. The molecule has 1 N–H and O–H groups in total. The molecule has 2 atom stereocenters. The Labute approximate surface area is 215 Å². The van der Waals surface area contributed by atoms with Crippen LogP contribution in [0, 0.1) is 19.7 Å². The molecule has 2 aliphatic rings. The van der Waals surface area contributed by atoms with Crippen molar-refractivity contribution < 1.29 is 18.7 Å². The van der Waals surface area contributed by atoms with Gasteiger partial charge in [-0.1, -0.05) is 0 Å². The van der Waals surface area contributed by atoms with Gasteiger partial charge in [-0.3, -0.25) is 9.47 Å². The molecule has 1 aromatic carbocycles. The van der Waals surface area contributed by atoms with Gasteiger partial charge in [0.1, 0.15) is 28.5 Å². The average molecular weight is 512 g/mol. The molecular formula is C27H34FN5O4. The second-order valence-electron chi connectivity index (χ2n) is 11.1. The predicted molar refractivity (Wildman–Crippen MR) is 136 cm³/mol. The van der Waals surface area contributed by atoms with Crippen LogP contribution in [-0.2, 0) is 15.1 Å². The van der Waals surface area contributed by atoms with Crippen molar-refractivity contribution in [2.45, 2.75) is 78.0 Å². The molecule has 0 saturated carbocycles. The minimum atomic E-state index is -0.846. The summed E-state index contributed by atoms with van der Waals surface area (Å²) in [6.45, 7) is 11.6. The molecule has 9 nitrogen and oxygen atoms in total. The number of benzene rings is 1. The maximum atomic E-state index is 14.5. The molecule has 2 aliphatic heterocycles. The summed E-state index contributed by atoms with van der Waals surface area (Å²) in [6, 6.07) is 2.97. The topological polar surface area (TPSA) is 94.4 Å². The first-order chi connectivity index (χ1) is 17.4. The van der Waals surface area contributed by atoms with Gasteiger partial charge in [-0.25, -0.2) is 18.7 Å². The number of carbonyl (C=O) groups is 1. The van der Waals surface area contributed by atoms with Gasteiger partial charge in [-0.15, -0.1) is 0 Å². The number of fused-ring (bicyclic) bond motifs is 2. The fourth-order valence-corrected chi connectivity index (χ4v) is 5.44. The molecule has 4 heterocycles. The summed E-state index contributed by atoms with van der Waals surface area (Å²) in [6.07, 6.45) is 5.24. The van der Waals surface area contributed by atoms with Gasteiger partial charge >= 0.3 is 11.8 Å². The molecule has 1 amide bonds. The Balaban J connectivity index is 1.79. The Kier molecular flexibility index (Phi) is 6.05. The van der Waals surface area contributed by atoms with Crippen molar-refractivity contribution in [3.05, 3.63) is 63.2 Å². The fourth-order valence-electron chi connectivity index (χ4n) is 5.44. The van der Waals surface area contributed by atoms with E-state index in [-0.39, 0.29) is 18.1 Å². The van der Waals surface area contributed by atoms with Gasteiger partial charge in [0.05, 0.1) is 18.3 Å². The van der Waals surface area contributed by atoms with E-state index < -0.39 is 23.3 Å². The second kappa shape index (κ2) is 8.86. The van der Waals surface area contributed by atoms with Crippen molar-refractivity contribution in [1.82, 2.24) is 24.2 Å². The highest BCUT2D eigenvalue weighted by Crippen LogP contribution is 2.47. The fraction of sp³-hybridized carbons (Fsp3) is 0.519. The zero-order chi connectivity index (χ0) is 26.7. The Morgan fingerprint density at radius 3 is 2.51 bits per heavy atom. The summed E-state index contributed by atoms with van der Waals surface area (Å²) < 4.78 is 29.9. The third-order valence-corrected chi connectivity index (χ3v) is 7.16. The lowest BCUT2D eigenvalue weighted by molar-refractivity contribution is -0.117. The van der Waals surface area contributed by atoms with E-state index in [1.54, 1.807) is 48.0 Å². The first kappa shape index (κ1) is 25.3. The minimum Gasteiger partial charge on any atom is -0.444 e. The van der Waals surface area contributed by atoms with Crippen LogP contribution in [-0.4, -0.2) is 49.1 Å². The zero-order valence-electron chi connectivity index (χ0n) is 22.2. The van der Waals surface area contributed by atoms with Crippen molar-refractivity contribution in [1.29, 1.82) is 0 Å². The van der Waals surface area contributed by atoms with Gasteiger partial charge in [0.15, 0.2) is 0 Å². The normalized spacial score (nSPS) is 21.8. The Morgan fingerprint density at radius 1 is 1.24 bits per heavy atom. The molecule has 37 heavy (non-hydrogen) atoms. The number of nitrogens with one attached hydrogen (secondary N) is 1. The Morgan fingerprint density at radius 2 is 1.95 bits per heavy atom. The summed E-state index contributed by atoms with van der Waals surface area (Å²) in [7, 11) is 0. The number of amides is 1. The highest BCUT2D eigenvalue weighted by atomic mass is 19.1. The smallest absolute Gasteiger partial charge is 0.410 e. The number of aromatic nitrogens is 4. The van der Waals surface area contributed by atoms with Gasteiger partial charge in [-0.05, 0) is 84.1 Å². The van der Waals surface area contributed by atoms with Gasteiger partial charge in [0.2, 0.25) is 0 Å². The van der Waals surface area contributed by atoms with E-state index in [1.165, 1.54) is 4.57 Å². The van der Waals surface area contributed by atoms with Crippen molar-refractivity contribution in [2.24, 2.45) is 0 Å². The lowest BCUT2D eigenvalue weighted by atomic mass is 9.82. The van der Waals surface area contributed by atoms with Crippen molar-refractivity contribution >= 4 is 6.09 Å². The highest BCUT2D eigenvalue weighted by molar-refractivity contribution is 5.70. The first-order valence-corrected chi connectivity index (χ1v) is 12.7. The van der Waals surface area contributed by atoms with E-state index in [0.717, 1.165) is 12.8 Å². The van der Waals surface area contributed by atoms with Crippen molar-refractivity contribution in [2.75, 3.05) is 13.2 Å². The van der Waals surface area contributed by atoms with E-state index in [2.05, 4.69) is 4.98 Å². The molecule has 10 heteroatoms. The number of aromatic amines is 1. The number of hydrogen-bond acceptors (Lipinski definition) is 5. The lowest BCUT2D eigenvalue weighted by Crippen LogP contribution is -2.53. The van der Waals surface area contributed by atoms with E-state index >= 15 is 0 Å². The van der Waals surface area contributed by atoms with Gasteiger partial charge in [0.25, 0.3) is 0 Å². The number of aryl methyl sites for hydroxylation is 2. The van der Waals surface area contributed by atoms with Gasteiger partial charge in [-0.2, -0.15) is 5.10 Å².